The van der Waals surface area contributed by atoms with E-state index in [0.29, 0.717) is 12.4 Å². The van der Waals surface area contributed by atoms with E-state index in [1.165, 1.54) is 0 Å². The molecule has 0 saturated carbocycles. The molecule has 2 heterocycles. The smallest absolute Gasteiger partial charge is 0.377 e. The second kappa shape index (κ2) is 4.36. The number of carbonyl (C=O) groups is 1. The number of alkyl halides is 2. The Kier molecular flexibility index (Phi) is 3.05. The predicted octanol–water partition coefficient (Wildman–Crippen LogP) is -0.145. The molecule has 1 N–H and O–H groups in total. The number of rotatable bonds is 4. The Balaban J connectivity index is 1.77. The molecule has 1 saturated heterocycles. The van der Waals surface area contributed by atoms with Gasteiger partial charge in [0.2, 0.25) is 0 Å². The highest BCUT2D eigenvalue weighted by Gasteiger charge is 2.50. The minimum Gasteiger partial charge on any atom is -0.456 e. The summed E-state index contributed by atoms with van der Waals surface area (Å²) in [4.78, 5) is 10.7. The number of nitrogens with zero attached hydrogens (tertiary/aromatic N) is 3. The SMILES string of the molecule is Cn1cnnc1CNCC1CC(F)(F)C(=O)O1. The number of hydrogen-bond donors (Lipinski definition) is 1. The van der Waals surface area contributed by atoms with Gasteiger partial charge in [-0.3, -0.25) is 0 Å². The van der Waals surface area contributed by atoms with Gasteiger partial charge < -0.3 is 14.6 Å². The molecule has 0 aliphatic carbocycles. The maximum Gasteiger partial charge on any atom is 0.377 e. The highest BCUT2D eigenvalue weighted by molar-refractivity contribution is 5.79. The first-order chi connectivity index (χ1) is 7.99. The molecule has 0 radical (unpaired) electrons. The average molecular weight is 246 g/mol. The van der Waals surface area contributed by atoms with Crippen LogP contribution in [-0.4, -0.2) is 39.3 Å². The van der Waals surface area contributed by atoms with Crippen LogP contribution in [0.1, 0.15) is 12.2 Å². The Hall–Kier alpha value is -1.57. The highest BCUT2D eigenvalue weighted by atomic mass is 19.3. The lowest BCUT2D eigenvalue weighted by molar-refractivity contribution is -0.159. The molecule has 2 rings (SSSR count). The molecule has 0 bridgehead atoms. The Morgan fingerprint density at radius 2 is 2.47 bits per heavy atom. The number of esters is 1. The molecule has 0 spiro atoms. The van der Waals surface area contributed by atoms with Crippen LogP contribution in [-0.2, 0) is 23.1 Å². The molecule has 1 aliphatic heterocycles. The fourth-order valence-corrected chi connectivity index (χ4v) is 1.57. The summed E-state index contributed by atoms with van der Waals surface area (Å²) in [6.07, 6.45) is 0.184. The normalized spacial score (nSPS) is 22.8. The highest BCUT2D eigenvalue weighted by Crippen LogP contribution is 2.30. The van der Waals surface area contributed by atoms with Crippen molar-refractivity contribution in [3.05, 3.63) is 12.2 Å². The predicted molar refractivity (Wildman–Crippen MR) is 52.2 cm³/mol. The van der Waals surface area contributed by atoms with Crippen LogP contribution in [0.2, 0.25) is 0 Å². The van der Waals surface area contributed by atoms with Crippen LogP contribution in [0.4, 0.5) is 8.78 Å². The van der Waals surface area contributed by atoms with Crippen LogP contribution in [0.3, 0.4) is 0 Å². The quantitative estimate of drug-likeness (QED) is 0.748. The molecule has 6 nitrogen and oxygen atoms in total. The average Bonchev–Trinajstić information content (AvgIpc) is 2.73. The molecule has 8 heteroatoms. The van der Waals surface area contributed by atoms with E-state index < -0.39 is 24.4 Å². The Bertz CT molecular complexity index is 421. The van der Waals surface area contributed by atoms with Gasteiger partial charge in [0.05, 0.1) is 13.0 Å². The Labute approximate surface area is 96.0 Å². The van der Waals surface area contributed by atoms with Crippen LogP contribution in [0.25, 0.3) is 0 Å². The number of aromatic nitrogens is 3. The van der Waals surface area contributed by atoms with Crippen molar-refractivity contribution in [1.82, 2.24) is 20.1 Å². The Morgan fingerprint density at radius 3 is 3.00 bits per heavy atom. The van der Waals surface area contributed by atoms with Gasteiger partial charge in [-0.25, -0.2) is 4.79 Å². The molecule has 1 aromatic heterocycles. The molecule has 1 fully saturated rings. The second-order valence-electron chi connectivity index (χ2n) is 3.92. The van der Waals surface area contributed by atoms with Crippen molar-refractivity contribution in [1.29, 1.82) is 0 Å². The van der Waals surface area contributed by atoms with Crippen molar-refractivity contribution in [2.75, 3.05) is 6.54 Å². The van der Waals surface area contributed by atoms with Crippen molar-refractivity contribution in [2.24, 2.45) is 7.05 Å². The van der Waals surface area contributed by atoms with E-state index in [2.05, 4.69) is 20.3 Å². The summed E-state index contributed by atoms with van der Waals surface area (Å²) in [5, 5.41) is 10.4. The largest absolute Gasteiger partial charge is 0.456 e. The van der Waals surface area contributed by atoms with E-state index in [1.54, 1.807) is 17.9 Å². The van der Waals surface area contributed by atoms with E-state index in [4.69, 9.17) is 0 Å². The summed E-state index contributed by atoms with van der Waals surface area (Å²) in [6.45, 7) is 0.560. The van der Waals surface area contributed by atoms with Gasteiger partial charge >= 0.3 is 11.9 Å². The minimum absolute atomic E-state index is 0.175. The lowest BCUT2D eigenvalue weighted by Crippen LogP contribution is -2.27. The fraction of sp³-hybridized carbons (Fsp3) is 0.667. The first-order valence-corrected chi connectivity index (χ1v) is 5.11. The van der Waals surface area contributed by atoms with Crippen molar-refractivity contribution >= 4 is 5.97 Å². The molecule has 1 aliphatic rings. The van der Waals surface area contributed by atoms with Crippen LogP contribution in [0, 0.1) is 0 Å². The number of hydrogen-bond acceptors (Lipinski definition) is 5. The first-order valence-electron chi connectivity index (χ1n) is 5.11. The molecular weight excluding hydrogens is 234 g/mol. The van der Waals surface area contributed by atoms with Gasteiger partial charge in [0.25, 0.3) is 0 Å². The zero-order valence-electron chi connectivity index (χ0n) is 9.19. The number of cyclic esters (lactones) is 1. The summed E-state index contributed by atoms with van der Waals surface area (Å²) in [5.74, 6) is -4.11. The lowest BCUT2D eigenvalue weighted by atomic mass is 10.2. The fourth-order valence-electron chi connectivity index (χ4n) is 1.57. The third-order valence-electron chi connectivity index (χ3n) is 2.52. The molecule has 0 aromatic carbocycles. The van der Waals surface area contributed by atoms with E-state index >= 15 is 0 Å². The standard InChI is InChI=1S/C9H12F2N4O2/c1-15-5-13-14-7(15)4-12-3-6-2-9(10,11)8(16)17-6/h5-6,12H,2-4H2,1H3. The minimum atomic E-state index is -3.35. The maximum absolute atomic E-state index is 12.8. The van der Waals surface area contributed by atoms with Crippen molar-refractivity contribution < 1.29 is 18.3 Å². The molecule has 0 amide bonds. The van der Waals surface area contributed by atoms with E-state index in [1.807, 2.05) is 0 Å². The van der Waals surface area contributed by atoms with Gasteiger partial charge in [-0.2, -0.15) is 8.78 Å². The summed E-state index contributed by atoms with van der Waals surface area (Å²) < 4.78 is 31.9. The maximum atomic E-state index is 12.8. The third kappa shape index (κ3) is 2.57. The molecule has 1 unspecified atom stereocenters. The first kappa shape index (κ1) is 11.9. The van der Waals surface area contributed by atoms with Gasteiger partial charge in [-0.15, -0.1) is 10.2 Å². The monoisotopic (exact) mass is 246 g/mol. The number of aryl methyl sites for hydroxylation is 1. The molecule has 1 aromatic rings. The molecule has 17 heavy (non-hydrogen) atoms. The van der Waals surface area contributed by atoms with Gasteiger partial charge in [0.1, 0.15) is 18.3 Å². The van der Waals surface area contributed by atoms with Gasteiger partial charge in [0.15, 0.2) is 0 Å². The van der Waals surface area contributed by atoms with Crippen LogP contribution in [0.5, 0.6) is 0 Å². The number of halogens is 2. The third-order valence-corrected chi connectivity index (χ3v) is 2.52. The van der Waals surface area contributed by atoms with E-state index in [9.17, 15) is 13.6 Å². The zero-order valence-corrected chi connectivity index (χ0v) is 9.19. The Morgan fingerprint density at radius 1 is 1.71 bits per heavy atom. The van der Waals surface area contributed by atoms with Crippen LogP contribution >= 0.6 is 0 Å². The summed E-state index contributed by atoms with van der Waals surface area (Å²) in [7, 11) is 1.78. The molecule has 94 valence electrons. The summed E-state index contributed by atoms with van der Waals surface area (Å²) >= 11 is 0. The number of ether oxygens (including phenoxy) is 1. The van der Waals surface area contributed by atoms with E-state index in [-0.39, 0.29) is 6.54 Å². The second-order valence-corrected chi connectivity index (χ2v) is 3.92. The van der Waals surface area contributed by atoms with Gasteiger partial charge in [0, 0.05) is 13.6 Å². The van der Waals surface area contributed by atoms with Gasteiger partial charge in [-0.05, 0) is 0 Å². The van der Waals surface area contributed by atoms with Crippen molar-refractivity contribution in [3.63, 3.8) is 0 Å². The van der Waals surface area contributed by atoms with Gasteiger partial charge in [-0.1, -0.05) is 0 Å². The molecular formula is C9H12F2N4O2. The van der Waals surface area contributed by atoms with Crippen molar-refractivity contribution in [3.8, 4) is 0 Å². The van der Waals surface area contributed by atoms with Crippen LogP contribution in [0.15, 0.2) is 6.33 Å². The molecule has 1 atom stereocenters. The summed E-state index contributed by atoms with van der Waals surface area (Å²) in [6, 6.07) is 0. The number of carbonyl (C=O) groups excluding carboxylic acids is 1. The van der Waals surface area contributed by atoms with Crippen LogP contribution < -0.4 is 5.32 Å². The topological polar surface area (TPSA) is 69.0 Å². The lowest BCUT2D eigenvalue weighted by Gasteiger charge is -2.09. The zero-order chi connectivity index (χ0) is 12.5. The van der Waals surface area contributed by atoms with Crippen molar-refractivity contribution in [2.45, 2.75) is 25.0 Å². The number of nitrogens with one attached hydrogen (secondary N) is 1. The van der Waals surface area contributed by atoms with E-state index in [0.717, 1.165) is 0 Å². The summed E-state index contributed by atoms with van der Waals surface area (Å²) in [5.41, 5.74) is 0.